The third kappa shape index (κ3) is 2.71. The molecule has 1 atom stereocenters. The van der Waals surface area contributed by atoms with Crippen LogP contribution >= 0.6 is 11.8 Å². The molecule has 0 aliphatic carbocycles. The first-order valence-corrected chi connectivity index (χ1v) is 5.08. The first kappa shape index (κ1) is 8.87. The van der Waals surface area contributed by atoms with Crippen LogP contribution in [0.25, 0.3) is 0 Å². The minimum Gasteiger partial charge on any atom is -0.294 e. The van der Waals surface area contributed by atoms with E-state index in [0.717, 1.165) is 25.0 Å². The highest BCUT2D eigenvalue weighted by Gasteiger charge is 2.18. The molecule has 3 N–H and O–H groups in total. The Morgan fingerprint density at radius 1 is 1.45 bits per heavy atom. The highest BCUT2D eigenvalue weighted by atomic mass is 32.2. The van der Waals surface area contributed by atoms with Gasteiger partial charge in [-0.3, -0.25) is 10.2 Å². The van der Waals surface area contributed by atoms with Gasteiger partial charge in [0.2, 0.25) is 5.91 Å². The predicted octanol–water partition coefficient (Wildman–Crippen LogP) is 0.510. The predicted molar refractivity (Wildman–Crippen MR) is 47.0 cm³/mol. The van der Waals surface area contributed by atoms with Crippen LogP contribution < -0.4 is 11.3 Å². The summed E-state index contributed by atoms with van der Waals surface area (Å²) < 4.78 is 0. The molecule has 0 aromatic rings. The van der Waals surface area contributed by atoms with Gasteiger partial charge in [0.1, 0.15) is 0 Å². The Kier molecular flexibility index (Phi) is 3.72. The van der Waals surface area contributed by atoms with Crippen LogP contribution in [0.5, 0.6) is 0 Å². The topological polar surface area (TPSA) is 55.1 Å². The molecule has 0 spiro atoms. The monoisotopic (exact) mass is 174 g/mol. The lowest BCUT2D eigenvalue weighted by atomic mass is 10.0. The lowest BCUT2D eigenvalue weighted by molar-refractivity contribution is -0.125. The summed E-state index contributed by atoms with van der Waals surface area (Å²) in [6, 6.07) is 0. The Morgan fingerprint density at radius 3 is 3.00 bits per heavy atom. The largest absolute Gasteiger partial charge is 0.294 e. The normalized spacial score (nSPS) is 25.7. The summed E-state index contributed by atoms with van der Waals surface area (Å²) in [5.41, 5.74) is 2.21. The molecule has 3 nitrogen and oxygen atoms in total. The van der Waals surface area contributed by atoms with Gasteiger partial charge in [-0.15, -0.1) is 0 Å². The maximum absolute atomic E-state index is 11.1. The zero-order chi connectivity index (χ0) is 8.10. The summed E-state index contributed by atoms with van der Waals surface area (Å²) in [5, 5.41) is 0. The molecule has 4 heteroatoms. The molecule has 1 amide bonds. The van der Waals surface area contributed by atoms with Crippen LogP contribution in [-0.4, -0.2) is 17.4 Å². The molecular weight excluding hydrogens is 160 g/mol. The fourth-order valence-electron chi connectivity index (χ4n) is 1.28. The maximum atomic E-state index is 11.1. The van der Waals surface area contributed by atoms with E-state index in [2.05, 4.69) is 5.43 Å². The van der Waals surface area contributed by atoms with Gasteiger partial charge >= 0.3 is 0 Å². The van der Waals surface area contributed by atoms with Crippen LogP contribution in [0.1, 0.15) is 19.3 Å². The molecule has 1 rings (SSSR count). The summed E-state index contributed by atoms with van der Waals surface area (Å²) in [6.45, 7) is 0. The fraction of sp³-hybridized carbons (Fsp3) is 0.857. The minimum atomic E-state index is 0.00694. The SMILES string of the molecule is NNC(=O)C1CCCSCC1. The number of carbonyl (C=O) groups excluding carboxylic acids is 1. The fourth-order valence-corrected chi connectivity index (χ4v) is 2.31. The quantitative estimate of drug-likeness (QED) is 0.346. The molecule has 0 bridgehead atoms. The number of thioether (sulfide) groups is 1. The van der Waals surface area contributed by atoms with Crippen molar-refractivity contribution in [2.45, 2.75) is 19.3 Å². The number of carbonyl (C=O) groups is 1. The van der Waals surface area contributed by atoms with E-state index >= 15 is 0 Å². The van der Waals surface area contributed by atoms with Crippen molar-refractivity contribution in [3.63, 3.8) is 0 Å². The first-order valence-electron chi connectivity index (χ1n) is 3.93. The van der Waals surface area contributed by atoms with Crippen molar-refractivity contribution in [2.24, 2.45) is 11.8 Å². The van der Waals surface area contributed by atoms with Gasteiger partial charge in [0.25, 0.3) is 0 Å². The van der Waals surface area contributed by atoms with Gasteiger partial charge in [0.05, 0.1) is 0 Å². The molecule has 1 saturated heterocycles. The maximum Gasteiger partial charge on any atom is 0.237 e. The van der Waals surface area contributed by atoms with Crippen LogP contribution in [0.3, 0.4) is 0 Å². The molecule has 1 unspecified atom stereocenters. The highest BCUT2D eigenvalue weighted by molar-refractivity contribution is 7.99. The van der Waals surface area contributed by atoms with Crippen LogP contribution in [0.2, 0.25) is 0 Å². The molecule has 0 aromatic heterocycles. The van der Waals surface area contributed by atoms with E-state index in [0.29, 0.717) is 0 Å². The van der Waals surface area contributed by atoms with E-state index in [1.54, 1.807) is 0 Å². The second kappa shape index (κ2) is 4.62. The Labute approximate surface area is 71.1 Å². The molecule has 0 aromatic carbocycles. The van der Waals surface area contributed by atoms with E-state index in [9.17, 15) is 4.79 Å². The Balaban J connectivity index is 2.36. The molecular formula is C7H14N2OS. The summed E-state index contributed by atoms with van der Waals surface area (Å²) >= 11 is 1.93. The number of hydrogen-bond acceptors (Lipinski definition) is 3. The molecule has 1 heterocycles. The van der Waals surface area contributed by atoms with E-state index in [1.807, 2.05) is 11.8 Å². The summed E-state index contributed by atoms with van der Waals surface area (Å²) in [5.74, 6) is 7.50. The number of rotatable bonds is 1. The van der Waals surface area contributed by atoms with Crippen LogP contribution in [-0.2, 0) is 4.79 Å². The van der Waals surface area contributed by atoms with Crippen molar-refractivity contribution < 1.29 is 4.79 Å². The van der Waals surface area contributed by atoms with Gasteiger partial charge in [-0.1, -0.05) is 0 Å². The summed E-state index contributed by atoms with van der Waals surface area (Å²) in [4.78, 5) is 11.1. The lowest BCUT2D eigenvalue weighted by Gasteiger charge is -2.10. The zero-order valence-electron chi connectivity index (χ0n) is 6.51. The molecule has 0 saturated carbocycles. The van der Waals surface area contributed by atoms with Crippen molar-refractivity contribution in [1.29, 1.82) is 0 Å². The van der Waals surface area contributed by atoms with Crippen molar-refractivity contribution in [1.82, 2.24) is 5.43 Å². The van der Waals surface area contributed by atoms with Crippen molar-refractivity contribution >= 4 is 17.7 Å². The Bertz CT molecular complexity index is 132. The lowest BCUT2D eigenvalue weighted by Crippen LogP contribution is -2.35. The van der Waals surface area contributed by atoms with Gasteiger partial charge in [-0.2, -0.15) is 11.8 Å². The van der Waals surface area contributed by atoms with Gasteiger partial charge in [0.15, 0.2) is 0 Å². The first-order chi connectivity index (χ1) is 5.34. The zero-order valence-corrected chi connectivity index (χ0v) is 7.32. The summed E-state index contributed by atoms with van der Waals surface area (Å²) in [6.07, 6.45) is 3.12. The van der Waals surface area contributed by atoms with E-state index < -0.39 is 0 Å². The third-order valence-electron chi connectivity index (χ3n) is 1.96. The van der Waals surface area contributed by atoms with E-state index in [-0.39, 0.29) is 11.8 Å². The number of nitrogens with one attached hydrogen (secondary N) is 1. The number of hydrazine groups is 1. The van der Waals surface area contributed by atoms with Gasteiger partial charge in [0, 0.05) is 5.92 Å². The minimum absolute atomic E-state index is 0.00694. The van der Waals surface area contributed by atoms with Crippen LogP contribution in [0.15, 0.2) is 0 Å². The average molecular weight is 174 g/mol. The molecule has 64 valence electrons. The standard InChI is InChI=1S/C7H14N2OS/c8-9-7(10)6-2-1-4-11-5-3-6/h6H,1-5,8H2,(H,9,10). The van der Waals surface area contributed by atoms with Gasteiger partial charge < -0.3 is 0 Å². The van der Waals surface area contributed by atoms with E-state index in [4.69, 9.17) is 5.84 Å². The van der Waals surface area contributed by atoms with E-state index in [1.165, 1.54) is 5.75 Å². The molecule has 11 heavy (non-hydrogen) atoms. The number of nitrogens with two attached hydrogens (primary N) is 1. The molecule has 1 aliphatic heterocycles. The molecule has 1 aliphatic rings. The highest BCUT2D eigenvalue weighted by Crippen LogP contribution is 2.21. The van der Waals surface area contributed by atoms with Gasteiger partial charge in [-0.25, -0.2) is 5.84 Å². The van der Waals surface area contributed by atoms with Crippen LogP contribution in [0.4, 0.5) is 0 Å². The third-order valence-corrected chi connectivity index (χ3v) is 3.07. The average Bonchev–Trinajstić information content (AvgIpc) is 2.30. The summed E-state index contributed by atoms with van der Waals surface area (Å²) in [7, 11) is 0. The van der Waals surface area contributed by atoms with Crippen molar-refractivity contribution in [3.8, 4) is 0 Å². The van der Waals surface area contributed by atoms with Gasteiger partial charge in [-0.05, 0) is 30.8 Å². The van der Waals surface area contributed by atoms with Crippen molar-refractivity contribution in [2.75, 3.05) is 11.5 Å². The molecule has 0 radical (unpaired) electrons. The van der Waals surface area contributed by atoms with Crippen LogP contribution in [0, 0.1) is 5.92 Å². The number of amides is 1. The smallest absolute Gasteiger partial charge is 0.237 e. The second-order valence-corrected chi connectivity index (χ2v) is 3.97. The second-order valence-electron chi connectivity index (χ2n) is 2.75. The molecule has 1 fully saturated rings. The Hall–Kier alpha value is -0.220. The Morgan fingerprint density at radius 2 is 2.27 bits per heavy atom. The number of hydrogen-bond donors (Lipinski definition) is 2. The van der Waals surface area contributed by atoms with Crippen molar-refractivity contribution in [3.05, 3.63) is 0 Å².